The van der Waals surface area contributed by atoms with Crippen molar-refractivity contribution in [2.75, 3.05) is 48.1 Å². The lowest BCUT2D eigenvalue weighted by Crippen LogP contribution is -2.36. The molecule has 1 atom stereocenters. The molecule has 0 saturated heterocycles. The largest absolute Gasteiger partial charge is 0.494 e. The Morgan fingerprint density at radius 3 is 2.31 bits per heavy atom. The van der Waals surface area contributed by atoms with Crippen molar-refractivity contribution in [1.82, 2.24) is 4.90 Å². The van der Waals surface area contributed by atoms with Crippen LogP contribution in [0.3, 0.4) is 0 Å². The molecule has 188 valence electrons. The maximum absolute atomic E-state index is 12.8. The van der Waals surface area contributed by atoms with Crippen molar-refractivity contribution in [3.63, 3.8) is 0 Å². The Morgan fingerprint density at radius 1 is 1.06 bits per heavy atom. The topological polar surface area (TPSA) is 81.0 Å². The highest BCUT2D eigenvalue weighted by Gasteiger charge is 2.42. The van der Waals surface area contributed by atoms with E-state index in [2.05, 4.69) is 29.7 Å². The summed E-state index contributed by atoms with van der Waals surface area (Å²) < 4.78 is 21.2. The third kappa shape index (κ3) is 7.00. The highest BCUT2D eigenvalue weighted by molar-refractivity contribution is 5.87. The van der Waals surface area contributed by atoms with E-state index < -0.39 is 11.4 Å². The van der Waals surface area contributed by atoms with E-state index in [0.717, 1.165) is 25.1 Å². The molecule has 0 radical (unpaired) electrons. The molecule has 2 rings (SSSR count). The first kappa shape index (κ1) is 27.7. The molecule has 0 bridgehead atoms. The summed E-state index contributed by atoms with van der Waals surface area (Å²) in [5, 5.41) is 10.1. The molecule has 0 amide bonds. The Kier molecular flexibility index (Phi) is 10.6. The highest BCUT2D eigenvalue weighted by atomic mass is 16.5. The average Bonchev–Trinajstić information content (AvgIpc) is 2.89. The summed E-state index contributed by atoms with van der Waals surface area (Å²) in [6, 6.07) is 15.5. The van der Waals surface area contributed by atoms with E-state index in [-0.39, 0.29) is 0 Å². The zero-order valence-electron chi connectivity index (χ0n) is 21.4. The molecule has 0 heterocycles. The van der Waals surface area contributed by atoms with Gasteiger partial charge in [-0.05, 0) is 63.0 Å². The van der Waals surface area contributed by atoms with E-state index >= 15 is 0 Å². The maximum Gasteiger partial charge on any atom is 0.330 e. The van der Waals surface area contributed by atoms with Gasteiger partial charge in [-0.2, -0.15) is 5.26 Å². The number of hydrogen-bond donors (Lipinski definition) is 0. The van der Waals surface area contributed by atoms with Crippen LogP contribution in [-0.4, -0.2) is 58.9 Å². The minimum Gasteiger partial charge on any atom is -0.494 e. The molecule has 35 heavy (non-hydrogen) atoms. The minimum absolute atomic E-state index is 0.324. The summed E-state index contributed by atoms with van der Waals surface area (Å²) in [6.45, 7) is 8.05. The van der Waals surface area contributed by atoms with Crippen molar-refractivity contribution in [3.05, 3.63) is 65.7 Å². The first-order valence-corrected chi connectivity index (χ1v) is 11.7. The molecular formula is C28H36N2O5. The number of nitriles is 1. The Hall–Kier alpha value is -3.50. The van der Waals surface area contributed by atoms with E-state index in [9.17, 15) is 10.1 Å². The predicted molar refractivity (Wildman–Crippen MR) is 136 cm³/mol. The molecule has 7 nitrogen and oxygen atoms in total. The summed E-state index contributed by atoms with van der Waals surface area (Å²) in [4.78, 5) is 15.0. The second-order valence-corrected chi connectivity index (χ2v) is 8.29. The number of rotatable bonds is 14. The lowest BCUT2D eigenvalue weighted by atomic mass is 9.77. The number of hydrogen-bond acceptors (Lipinski definition) is 7. The number of methoxy groups -OCH3 is 3. The van der Waals surface area contributed by atoms with Crippen LogP contribution in [-0.2, 0) is 26.1 Å². The van der Waals surface area contributed by atoms with Gasteiger partial charge >= 0.3 is 5.97 Å². The summed E-state index contributed by atoms with van der Waals surface area (Å²) in [5.74, 6) is 1.09. The Morgan fingerprint density at radius 2 is 1.74 bits per heavy atom. The van der Waals surface area contributed by atoms with Gasteiger partial charge in [0, 0.05) is 12.1 Å². The van der Waals surface area contributed by atoms with Gasteiger partial charge in [0.25, 0.3) is 0 Å². The van der Waals surface area contributed by atoms with E-state index in [1.807, 2.05) is 26.1 Å². The highest BCUT2D eigenvalue weighted by Crippen LogP contribution is 2.36. The fourth-order valence-corrected chi connectivity index (χ4v) is 3.97. The number of carbonyl (C=O) groups is 1. The van der Waals surface area contributed by atoms with Crippen molar-refractivity contribution in [3.8, 4) is 17.6 Å². The van der Waals surface area contributed by atoms with Gasteiger partial charge in [0.2, 0.25) is 0 Å². The van der Waals surface area contributed by atoms with Crippen LogP contribution in [0.4, 0.5) is 0 Å². The van der Waals surface area contributed by atoms with E-state index in [4.69, 9.17) is 18.9 Å². The van der Waals surface area contributed by atoms with Gasteiger partial charge in [-0.25, -0.2) is 4.79 Å². The minimum atomic E-state index is -1.42. The van der Waals surface area contributed by atoms with Crippen LogP contribution in [0.25, 0.3) is 5.76 Å². The molecular weight excluding hydrogens is 444 g/mol. The van der Waals surface area contributed by atoms with Gasteiger partial charge in [0.15, 0.2) is 16.9 Å². The molecule has 2 aromatic rings. The van der Waals surface area contributed by atoms with Crippen molar-refractivity contribution < 1.29 is 23.7 Å². The number of benzene rings is 2. The van der Waals surface area contributed by atoms with E-state index in [1.54, 1.807) is 18.2 Å². The van der Waals surface area contributed by atoms with E-state index in [1.165, 1.54) is 26.9 Å². The predicted octanol–water partition coefficient (Wildman–Crippen LogP) is 4.60. The first-order chi connectivity index (χ1) is 16.8. The molecule has 0 fully saturated rings. The number of carbonyl (C=O) groups excluding carboxylic acids is 1. The van der Waals surface area contributed by atoms with Crippen molar-refractivity contribution in [2.45, 2.75) is 31.6 Å². The standard InChI is InChI=1S/C28H36N2O5/c1-7-35-21(2)23-11-9-22(10-12-23)15-18-30(3)17-8-16-28(20-29,27(31)34-6)24-13-14-25(32-4)26(19-24)33-5/h9-14,19H,2,7-8,15-18H2,1,3-6H3. The zero-order valence-corrected chi connectivity index (χ0v) is 21.4. The molecule has 0 aliphatic carbocycles. The second-order valence-electron chi connectivity index (χ2n) is 8.29. The molecule has 0 N–H and O–H groups in total. The third-order valence-electron chi connectivity index (χ3n) is 6.07. The van der Waals surface area contributed by atoms with Crippen molar-refractivity contribution in [1.29, 1.82) is 5.26 Å². The third-order valence-corrected chi connectivity index (χ3v) is 6.07. The smallest absolute Gasteiger partial charge is 0.330 e. The zero-order chi connectivity index (χ0) is 25.8. The van der Waals surface area contributed by atoms with Gasteiger partial charge in [-0.3, -0.25) is 0 Å². The van der Waals surface area contributed by atoms with Gasteiger partial charge in [-0.1, -0.05) is 36.9 Å². The van der Waals surface area contributed by atoms with Gasteiger partial charge in [0.1, 0.15) is 5.76 Å². The van der Waals surface area contributed by atoms with Gasteiger partial charge in [0.05, 0.1) is 34.0 Å². The molecule has 1 unspecified atom stereocenters. The summed E-state index contributed by atoms with van der Waals surface area (Å²) in [6.07, 6.45) is 1.85. The van der Waals surface area contributed by atoms with Crippen LogP contribution in [0.15, 0.2) is 49.0 Å². The van der Waals surface area contributed by atoms with Crippen LogP contribution in [0.5, 0.6) is 11.5 Å². The number of nitrogens with zero attached hydrogens (tertiary/aromatic N) is 2. The van der Waals surface area contributed by atoms with Crippen LogP contribution in [0.1, 0.15) is 36.5 Å². The Balaban J connectivity index is 2.01. The molecule has 0 aliphatic rings. The molecule has 0 spiro atoms. The second kappa shape index (κ2) is 13.4. The summed E-state index contributed by atoms with van der Waals surface area (Å²) >= 11 is 0. The molecule has 0 aromatic heterocycles. The molecule has 0 aliphatic heterocycles. The fourth-order valence-electron chi connectivity index (χ4n) is 3.97. The summed E-state index contributed by atoms with van der Waals surface area (Å²) in [7, 11) is 6.40. The van der Waals surface area contributed by atoms with Crippen molar-refractivity contribution >= 4 is 11.7 Å². The van der Waals surface area contributed by atoms with Crippen LogP contribution in [0.2, 0.25) is 0 Å². The Labute approximate surface area is 208 Å². The van der Waals surface area contributed by atoms with Crippen LogP contribution >= 0.6 is 0 Å². The SMILES string of the molecule is C=C(OCC)c1ccc(CCN(C)CCCC(C#N)(C(=O)OC)c2ccc(OC)c(OC)c2)cc1. The average molecular weight is 481 g/mol. The Bertz CT molecular complexity index is 1030. The van der Waals surface area contributed by atoms with Gasteiger partial charge < -0.3 is 23.8 Å². The normalized spacial score (nSPS) is 12.4. The lowest BCUT2D eigenvalue weighted by molar-refractivity contribution is -0.145. The fraction of sp³-hybridized carbons (Fsp3) is 0.429. The van der Waals surface area contributed by atoms with E-state index in [0.29, 0.717) is 42.3 Å². The van der Waals surface area contributed by atoms with Gasteiger partial charge in [-0.15, -0.1) is 0 Å². The molecule has 7 heteroatoms. The van der Waals surface area contributed by atoms with Crippen molar-refractivity contribution in [2.24, 2.45) is 0 Å². The molecule has 0 saturated carbocycles. The molecule has 2 aromatic carbocycles. The maximum atomic E-state index is 12.8. The van der Waals surface area contributed by atoms with Crippen LogP contribution < -0.4 is 9.47 Å². The number of ether oxygens (including phenoxy) is 4. The monoisotopic (exact) mass is 480 g/mol. The lowest BCUT2D eigenvalue weighted by Gasteiger charge is -2.26. The van der Waals surface area contributed by atoms with Crippen LogP contribution in [0, 0.1) is 11.3 Å². The number of esters is 1. The summed E-state index contributed by atoms with van der Waals surface area (Å²) in [5.41, 5.74) is 1.31. The first-order valence-electron chi connectivity index (χ1n) is 11.7. The number of likely N-dealkylation sites (N-methyl/N-ethyl adjacent to an activating group) is 1. The quantitative estimate of drug-likeness (QED) is 0.289.